The van der Waals surface area contributed by atoms with E-state index in [1.165, 1.54) is 6.42 Å². The van der Waals surface area contributed by atoms with Crippen LogP contribution in [0.4, 0.5) is 0 Å². The van der Waals surface area contributed by atoms with Crippen LogP contribution in [0.2, 0.25) is 0 Å². The topological polar surface area (TPSA) is 24.9 Å². The zero-order valence-electron chi connectivity index (χ0n) is 10.8. The summed E-state index contributed by atoms with van der Waals surface area (Å²) in [6.45, 7) is 8.95. The van der Waals surface area contributed by atoms with Crippen molar-refractivity contribution in [2.75, 3.05) is 18.8 Å². The van der Waals surface area contributed by atoms with Gasteiger partial charge in [-0.2, -0.15) is 0 Å². The van der Waals surface area contributed by atoms with Crippen molar-refractivity contribution in [2.24, 2.45) is 5.41 Å². The molecule has 0 aliphatic rings. The molecule has 2 nitrogen and oxygen atoms in total. The Bertz CT molecular complexity index is 319. The summed E-state index contributed by atoms with van der Waals surface area (Å²) in [4.78, 5) is 4.32. The largest absolute Gasteiger partial charge is 0.316 e. The number of aromatic nitrogens is 1. The predicted molar refractivity (Wildman–Crippen MR) is 79.6 cm³/mol. The summed E-state index contributed by atoms with van der Waals surface area (Å²) >= 11 is 5.17. The molecule has 0 fully saturated rings. The minimum Gasteiger partial charge on any atom is -0.316 e. The van der Waals surface area contributed by atoms with Crippen LogP contribution < -0.4 is 5.32 Å². The van der Waals surface area contributed by atoms with Gasteiger partial charge < -0.3 is 5.32 Å². The Labute approximate surface area is 117 Å². The number of thioether (sulfide) groups is 1. The normalized spacial score (nSPS) is 11.8. The van der Waals surface area contributed by atoms with Gasteiger partial charge in [-0.3, -0.25) is 0 Å². The summed E-state index contributed by atoms with van der Waals surface area (Å²) in [6.07, 6.45) is 3.06. The number of halogens is 1. The lowest BCUT2D eigenvalue weighted by molar-refractivity contribution is 0.369. The molecule has 0 amide bonds. The summed E-state index contributed by atoms with van der Waals surface area (Å²) in [5, 5.41) is 4.55. The van der Waals surface area contributed by atoms with E-state index in [1.807, 2.05) is 18.3 Å². The van der Waals surface area contributed by atoms with Crippen LogP contribution >= 0.6 is 27.7 Å². The summed E-state index contributed by atoms with van der Waals surface area (Å²) in [7, 11) is 0. The molecule has 0 radical (unpaired) electrons. The highest BCUT2D eigenvalue weighted by molar-refractivity contribution is 9.10. The van der Waals surface area contributed by atoms with Crippen molar-refractivity contribution in [3.8, 4) is 0 Å². The van der Waals surface area contributed by atoms with E-state index in [-0.39, 0.29) is 0 Å². The van der Waals surface area contributed by atoms with Crippen LogP contribution in [-0.4, -0.2) is 23.8 Å². The van der Waals surface area contributed by atoms with Gasteiger partial charge in [0, 0.05) is 23.0 Å². The quantitative estimate of drug-likeness (QED) is 0.635. The first-order valence-electron chi connectivity index (χ1n) is 5.92. The SMILES string of the molecule is CC(C)(C)CCNCCSc1ccc(Br)cn1. The zero-order valence-corrected chi connectivity index (χ0v) is 13.2. The van der Waals surface area contributed by atoms with Gasteiger partial charge >= 0.3 is 0 Å². The first-order valence-corrected chi connectivity index (χ1v) is 7.70. The fourth-order valence-corrected chi connectivity index (χ4v) is 2.25. The van der Waals surface area contributed by atoms with Crippen molar-refractivity contribution in [2.45, 2.75) is 32.2 Å². The van der Waals surface area contributed by atoms with Crippen LogP contribution in [0.1, 0.15) is 27.2 Å². The van der Waals surface area contributed by atoms with E-state index in [2.05, 4.69) is 47.0 Å². The Hall–Kier alpha value is -0.0600. The van der Waals surface area contributed by atoms with Gasteiger partial charge in [0.25, 0.3) is 0 Å². The van der Waals surface area contributed by atoms with Gasteiger partial charge in [0.05, 0.1) is 5.03 Å². The summed E-state index contributed by atoms with van der Waals surface area (Å²) in [5.41, 5.74) is 0.424. The highest BCUT2D eigenvalue weighted by atomic mass is 79.9. The Morgan fingerprint density at radius 1 is 1.29 bits per heavy atom. The molecule has 1 rings (SSSR count). The molecule has 0 saturated heterocycles. The van der Waals surface area contributed by atoms with E-state index in [4.69, 9.17) is 0 Å². The maximum absolute atomic E-state index is 4.32. The fraction of sp³-hybridized carbons (Fsp3) is 0.615. The molecular weight excluding hydrogens is 296 g/mol. The van der Waals surface area contributed by atoms with Gasteiger partial charge in [-0.05, 0) is 46.4 Å². The van der Waals surface area contributed by atoms with Crippen LogP contribution in [0.25, 0.3) is 0 Å². The fourth-order valence-electron chi connectivity index (χ4n) is 1.26. The molecule has 0 bridgehead atoms. The predicted octanol–water partition coefficient (Wildman–Crippen LogP) is 3.96. The Kier molecular flexibility index (Phi) is 6.52. The van der Waals surface area contributed by atoms with Gasteiger partial charge in [0.2, 0.25) is 0 Å². The summed E-state index contributed by atoms with van der Waals surface area (Å²) < 4.78 is 1.03. The molecule has 1 aromatic heterocycles. The van der Waals surface area contributed by atoms with Crippen LogP contribution in [0.3, 0.4) is 0 Å². The smallest absolute Gasteiger partial charge is 0.0961 e. The molecule has 0 aromatic carbocycles. The van der Waals surface area contributed by atoms with Crippen molar-refractivity contribution in [1.29, 1.82) is 0 Å². The second-order valence-electron chi connectivity index (χ2n) is 5.22. The lowest BCUT2D eigenvalue weighted by Gasteiger charge is -2.17. The molecule has 1 N–H and O–H groups in total. The van der Waals surface area contributed by atoms with Gasteiger partial charge in [0.1, 0.15) is 0 Å². The molecule has 0 unspecified atom stereocenters. The van der Waals surface area contributed by atoms with Crippen LogP contribution in [0.5, 0.6) is 0 Å². The van der Waals surface area contributed by atoms with E-state index < -0.39 is 0 Å². The first kappa shape index (κ1) is 15.0. The standard InChI is InChI=1S/C13H21BrN2S/c1-13(2,3)6-7-15-8-9-17-12-5-4-11(14)10-16-12/h4-5,10,15H,6-9H2,1-3H3. The van der Waals surface area contributed by atoms with E-state index in [1.54, 1.807) is 11.8 Å². The number of rotatable bonds is 6. The van der Waals surface area contributed by atoms with E-state index >= 15 is 0 Å². The van der Waals surface area contributed by atoms with Gasteiger partial charge in [0.15, 0.2) is 0 Å². The monoisotopic (exact) mass is 316 g/mol. The van der Waals surface area contributed by atoms with Crippen molar-refractivity contribution < 1.29 is 0 Å². The maximum atomic E-state index is 4.32. The molecule has 17 heavy (non-hydrogen) atoms. The van der Waals surface area contributed by atoms with E-state index in [0.29, 0.717) is 5.41 Å². The Balaban J connectivity index is 2.07. The molecule has 0 aliphatic heterocycles. The van der Waals surface area contributed by atoms with Crippen LogP contribution in [0.15, 0.2) is 27.8 Å². The molecule has 4 heteroatoms. The van der Waals surface area contributed by atoms with Gasteiger partial charge in [-0.15, -0.1) is 11.8 Å². The maximum Gasteiger partial charge on any atom is 0.0961 e. The lowest BCUT2D eigenvalue weighted by Crippen LogP contribution is -2.22. The van der Waals surface area contributed by atoms with Gasteiger partial charge in [-0.1, -0.05) is 20.8 Å². The van der Waals surface area contributed by atoms with Crippen LogP contribution in [-0.2, 0) is 0 Å². The number of nitrogens with one attached hydrogen (secondary N) is 1. The minimum atomic E-state index is 0.424. The second kappa shape index (κ2) is 7.39. The molecule has 96 valence electrons. The number of hydrogen-bond donors (Lipinski definition) is 1. The highest BCUT2D eigenvalue weighted by Gasteiger charge is 2.08. The second-order valence-corrected chi connectivity index (χ2v) is 7.25. The molecule has 0 saturated carbocycles. The minimum absolute atomic E-state index is 0.424. The third kappa shape index (κ3) is 7.79. The third-order valence-electron chi connectivity index (χ3n) is 2.28. The Morgan fingerprint density at radius 2 is 2.06 bits per heavy atom. The average molecular weight is 317 g/mol. The number of pyridine rings is 1. The molecule has 1 heterocycles. The molecule has 1 aromatic rings. The molecule has 0 atom stereocenters. The molecule has 0 spiro atoms. The summed E-state index contributed by atoms with van der Waals surface area (Å²) in [5.74, 6) is 1.07. The molecular formula is C13H21BrN2S. The third-order valence-corrected chi connectivity index (χ3v) is 3.70. The average Bonchev–Trinajstić information content (AvgIpc) is 2.24. The Morgan fingerprint density at radius 3 is 2.65 bits per heavy atom. The van der Waals surface area contributed by atoms with Crippen molar-refractivity contribution in [3.63, 3.8) is 0 Å². The lowest BCUT2D eigenvalue weighted by atomic mass is 9.92. The zero-order chi connectivity index (χ0) is 12.7. The summed E-state index contributed by atoms with van der Waals surface area (Å²) in [6, 6.07) is 4.08. The van der Waals surface area contributed by atoms with Crippen molar-refractivity contribution in [1.82, 2.24) is 10.3 Å². The highest BCUT2D eigenvalue weighted by Crippen LogP contribution is 2.18. The molecule has 0 aliphatic carbocycles. The van der Waals surface area contributed by atoms with Gasteiger partial charge in [-0.25, -0.2) is 4.98 Å². The van der Waals surface area contributed by atoms with E-state index in [0.717, 1.165) is 28.3 Å². The number of hydrogen-bond acceptors (Lipinski definition) is 3. The van der Waals surface area contributed by atoms with E-state index in [9.17, 15) is 0 Å². The van der Waals surface area contributed by atoms with Crippen molar-refractivity contribution in [3.05, 3.63) is 22.8 Å². The first-order chi connectivity index (χ1) is 7.97. The number of nitrogens with zero attached hydrogens (tertiary/aromatic N) is 1. The van der Waals surface area contributed by atoms with Crippen molar-refractivity contribution >= 4 is 27.7 Å². The van der Waals surface area contributed by atoms with Crippen LogP contribution in [0, 0.1) is 5.41 Å².